The maximum absolute atomic E-state index is 11.6. The lowest BCUT2D eigenvalue weighted by Crippen LogP contribution is -2.30. The molecule has 9 heteroatoms. The van der Waals surface area contributed by atoms with Crippen LogP contribution in [-0.4, -0.2) is 25.8 Å². The Labute approximate surface area is 159 Å². The number of hydrogen-bond donors (Lipinski definition) is 3. The first-order valence-electron chi connectivity index (χ1n) is 8.02. The van der Waals surface area contributed by atoms with Crippen molar-refractivity contribution in [1.29, 1.82) is 0 Å². The molecule has 0 fully saturated rings. The molecule has 0 saturated carbocycles. The van der Waals surface area contributed by atoms with Crippen molar-refractivity contribution in [2.45, 2.75) is 19.4 Å². The molecule has 0 aromatic carbocycles. The second kappa shape index (κ2) is 7.16. The Kier molecular flexibility index (Phi) is 4.91. The van der Waals surface area contributed by atoms with Gasteiger partial charge in [0.1, 0.15) is 5.56 Å². The van der Waals surface area contributed by atoms with Gasteiger partial charge in [0.2, 0.25) is 5.95 Å². The first kappa shape index (κ1) is 18.5. The molecule has 0 aliphatic carbocycles. The normalized spacial score (nSPS) is 11.2. The average molecular weight is 385 g/mol. The minimum Gasteiger partial charge on any atom is -0.365 e. The average Bonchev–Trinajstić information content (AvgIpc) is 2.62. The Morgan fingerprint density at radius 3 is 2.56 bits per heavy atom. The van der Waals surface area contributed by atoms with Gasteiger partial charge < -0.3 is 16.0 Å². The summed E-state index contributed by atoms with van der Waals surface area (Å²) in [5.74, 6) is -0.420. The molecule has 1 amide bonds. The number of carbonyl (C=O) groups excluding carboxylic acids is 1. The predicted octanol–water partition coefficient (Wildman–Crippen LogP) is 2.33. The number of amides is 1. The fourth-order valence-electron chi connectivity index (χ4n) is 2.56. The van der Waals surface area contributed by atoms with E-state index >= 15 is 0 Å². The molecule has 0 atom stereocenters. The molecule has 3 heterocycles. The van der Waals surface area contributed by atoms with E-state index in [9.17, 15) is 9.59 Å². The fourth-order valence-corrected chi connectivity index (χ4v) is 2.92. The van der Waals surface area contributed by atoms with Crippen molar-refractivity contribution in [2.24, 2.45) is 5.73 Å². The highest BCUT2D eigenvalue weighted by atomic mass is 35.5. The Morgan fingerprint density at radius 1 is 1.22 bits per heavy atom. The molecular weight excluding hydrogens is 368 g/mol. The van der Waals surface area contributed by atoms with Crippen molar-refractivity contribution in [3.05, 3.63) is 69.6 Å². The van der Waals surface area contributed by atoms with Crippen molar-refractivity contribution in [3.63, 3.8) is 0 Å². The molecule has 0 saturated heterocycles. The number of primary amides is 1. The van der Waals surface area contributed by atoms with Gasteiger partial charge in [-0.25, -0.2) is 9.97 Å². The largest absolute Gasteiger partial charge is 0.365 e. The number of carbonyl (C=O) groups is 1. The molecule has 3 aromatic rings. The number of halogens is 1. The minimum atomic E-state index is -0.800. The summed E-state index contributed by atoms with van der Waals surface area (Å²) in [7, 11) is 0. The maximum atomic E-state index is 11.6. The molecule has 3 rings (SSSR count). The highest BCUT2D eigenvalue weighted by Crippen LogP contribution is 2.28. The molecule has 8 nitrogen and oxygen atoms in total. The van der Waals surface area contributed by atoms with Gasteiger partial charge in [-0.3, -0.25) is 14.6 Å². The smallest absolute Gasteiger partial charge is 0.260 e. The monoisotopic (exact) mass is 384 g/mol. The van der Waals surface area contributed by atoms with Gasteiger partial charge in [-0.15, -0.1) is 0 Å². The Hall–Kier alpha value is -3.26. The van der Waals surface area contributed by atoms with Gasteiger partial charge >= 0.3 is 0 Å². The topological polar surface area (TPSA) is 127 Å². The van der Waals surface area contributed by atoms with Gasteiger partial charge in [-0.1, -0.05) is 11.6 Å². The molecule has 4 N–H and O–H groups in total. The Balaban J connectivity index is 1.86. The molecule has 0 aliphatic heterocycles. The van der Waals surface area contributed by atoms with Gasteiger partial charge in [-0.2, -0.15) is 0 Å². The molecule has 0 bridgehead atoms. The number of hydrogen-bond acceptors (Lipinski definition) is 6. The number of anilines is 1. The molecule has 0 radical (unpaired) electrons. The number of rotatable bonds is 5. The Bertz CT molecular complexity index is 1050. The number of aromatic amines is 1. The zero-order valence-electron chi connectivity index (χ0n) is 14.7. The lowest BCUT2D eigenvalue weighted by molar-refractivity contribution is 0.0999. The second-order valence-corrected chi connectivity index (χ2v) is 6.78. The van der Waals surface area contributed by atoms with E-state index in [1.54, 1.807) is 30.7 Å². The number of nitrogens with two attached hydrogens (primary N) is 1. The number of nitrogens with one attached hydrogen (secondary N) is 2. The van der Waals surface area contributed by atoms with Gasteiger partial charge in [0.15, 0.2) is 0 Å². The van der Waals surface area contributed by atoms with E-state index in [2.05, 4.69) is 25.3 Å². The molecule has 138 valence electrons. The lowest BCUT2D eigenvalue weighted by atomic mass is 10.00. The second-order valence-electron chi connectivity index (χ2n) is 6.37. The van der Waals surface area contributed by atoms with Gasteiger partial charge in [-0.05, 0) is 32.0 Å². The van der Waals surface area contributed by atoms with Crippen molar-refractivity contribution in [3.8, 4) is 11.1 Å². The van der Waals surface area contributed by atoms with Crippen LogP contribution in [0.15, 0.2) is 47.8 Å². The zero-order valence-corrected chi connectivity index (χ0v) is 15.4. The first-order chi connectivity index (χ1) is 12.8. The summed E-state index contributed by atoms with van der Waals surface area (Å²) < 4.78 is 0. The van der Waals surface area contributed by atoms with Crippen LogP contribution in [0.3, 0.4) is 0 Å². The van der Waals surface area contributed by atoms with Crippen LogP contribution in [0.4, 0.5) is 5.95 Å². The predicted molar refractivity (Wildman–Crippen MR) is 103 cm³/mol. The van der Waals surface area contributed by atoms with Crippen LogP contribution in [0.1, 0.15) is 29.9 Å². The molecule has 3 aromatic heterocycles. The highest BCUT2D eigenvalue weighted by molar-refractivity contribution is 6.31. The van der Waals surface area contributed by atoms with E-state index in [0.29, 0.717) is 27.8 Å². The summed E-state index contributed by atoms with van der Waals surface area (Å²) in [6, 6.07) is 4.94. The van der Waals surface area contributed by atoms with Crippen LogP contribution >= 0.6 is 11.6 Å². The number of pyridine rings is 2. The van der Waals surface area contributed by atoms with Crippen molar-refractivity contribution < 1.29 is 4.79 Å². The zero-order chi connectivity index (χ0) is 19.6. The summed E-state index contributed by atoms with van der Waals surface area (Å²) in [6.45, 7) is 3.83. The van der Waals surface area contributed by atoms with Gasteiger partial charge in [0, 0.05) is 35.9 Å². The van der Waals surface area contributed by atoms with Gasteiger partial charge in [0.05, 0.1) is 16.3 Å². The van der Waals surface area contributed by atoms with Crippen LogP contribution in [0.5, 0.6) is 0 Å². The summed E-state index contributed by atoms with van der Waals surface area (Å²) in [5, 5.41) is 3.73. The SMILES string of the molecule is CC(C)(Nc1ncc(-c2c[nH]c(=O)c(C(N)=O)c2)cn1)c1ncccc1Cl. The quantitative estimate of drug-likeness (QED) is 0.619. The van der Waals surface area contributed by atoms with E-state index in [1.807, 2.05) is 13.8 Å². The standard InChI is InChI=1S/C18H17ClN6O2/c1-18(2,14-13(19)4-3-5-21-14)25-17-23-8-11(9-24-17)10-6-12(15(20)26)16(27)22-7-10/h3-9H,1-2H3,(H2,20,26)(H,22,27)(H,23,24,25). The molecular formula is C18H17ClN6O2. The minimum absolute atomic E-state index is 0.124. The first-order valence-corrected chi connectivity index (χ1v) is 8.40. The van der Waals surface area contributed by atoms with Crippen molar-refractivity contribution in [2.75, 3.05) is 5.32 Å². The van der Waals surface area contributed by atoms with Crippen LogP contribution in [0.2, 0.25) is 5.02 Å². The van der Waals surface area contributed by atoms with Crippen molar-refractivity contribution in [1.82, 2.24) is 19.9 Å². The summed E-state index contributed by atoms with van der Waals surface area (Å²) >= 11 is 6.22. The number of aromatic nitrogens is 4. The maximum Gasteiger partial charge on any atom is 0.260 e. The molecule has 0 unspecified atom stereocenters. The lowest BCUT2D eigenvalue weighted by Gasteiger charge is -2.26. The highest BCUT2D eigenvalue weighted by Gasteiger charge is 2.25. The van der Waals surface area contributed by atoms with E-state index in [-0.39, 0.29) is 5.56 Å². The summed E-state index contributed by atoms with van der Waals surface area (Å²) in [5.41, 5.74) is 5.80. The van der Waals surface area contributed by atoms with Crippen LogP contribution in [0, 0.1) is 0 Å². The van der Waals surface area contributed by atoms with E-state index in [0.717, 1.165) is 0 Å². The third-order valence-electron chi connectivity index (χ3n) is 3.93. The number of nitrogens with zero attached hydrogens (tertiary/aromatic N) is 3. The van der Waals surface area contributed by atoms with Gasteiger partial charge in [0.25, 0.3) is 11.5 Å². The third kappa shape index (κ3) is 3.95. The Morgan fingerprint density at radius 2 is 1.93 bits per heavy atom. The van der Waals surface area contributed by atoms with Crippen LogP contribution in [-0.2, 0) is 5.54 Å². The van der Waals surface area contributed by atoms with Crippen LogP contribution in [0.25, 0.3) is 11.1 Å². The van der Waals surface area contributed by atoms with E-state index in [1.165, 1.54) is 12.3 Å². The third-order valence-corrected chi connectivity index (χ3v) is 4.23. The van der Waals surface area contributed by atoms with Crippen LogP contribution < -0.4 is 16.6 Å². The summed E-state index contributed by atoms with van der Waals surface area (Å²) in [4.78, 5) is 38.3. The van der Waals surface area contributed by atoms with E-state index in [4.69, 9.17) is 17.3 Å². The van der Waals surface area contributed by atoms with E-state index < -0.39 is 17.0 Å². The summed E-state index contributed by atoms with van der Waals surface area (Å²) in [6.07, 6.45) is 6.28. The molecule has 0 aliphatic rings. The molecule has 27 heavy (non-hydrogen) atoms. The number of H-pyrrole nitrogens is 1. The van der Waals surface area contributed by atoms with Crippen molar-refractivity contribution >= 4 is 23.5 Å². The fraction of sp³-hybridized carbons (Fsp3) is 0.167. The molecule has 0 spiro atoms.